The fraction of sp³-hybridized carbons (Fsp3) is 0.933. The fourth-order valence-electron chi connectivity index (χ4n) is 2.61. The van der Waals surface area contributed by atoms with E-state index in [4.69, 9.17) is 0 Å². The first kappa shape index (κ1) is 15.5. The summed E-state index contributed by atoms with van der Waals surface area (Å²) in [5.41, 5.74) is 0. The second-order valence-electron chi connectivity index (χ2n) is 5.87. The highest BCUT2D eigenvalue weighted by atomic mass is 16.2. The van der Waals surface area contributed by atoms with Crippen molar-refractivity contribution in [1.29, 1.82) is 0 Å². The third kappa shape index (κ3) is 4.97. The lowest BCUT2D eigenvalue weighted by Gasteiger charge is -2.31. The average Bonchev–Trinajstić information content (AvgIpc) is 2.38. The SMILES string of the molecule is CC[C@@H](C)[C@@H](C)NCCC1CCN(C(C)=O)CC1. The summed E-state index contributed by atoms with van der Waals surface area (Å²) in [5.74, 6) is 1.79. The number of carbonyl (C=O) groups excluding carboxylic acids is 1. The van der Waals surface area contributed by atoms with E-state index in [1.54, 1.807) is 6.92 Å². The number of nitrogens with zero attached hydrogens (tertiary/aromatic N) is 1. The van der Waals surface area contributed by atoms with Gasteiger partial charge in [-0.05, 0) is 44.6 Å². The number of piperidine rings is 1. The second-order valence-corrected chi connectivity index (χ2v) is 5.87. The van der Waals surface area contributed by atoms with Gasteiger partial charge in [-0.25, -0.2) is 0 Å². The lowest BCUT2D eigenvalue weighted by Crippen LogP contribution is -2.38. The van der Waals surface area contributed by atoms with Crippen molar-refractivity contribution in [2.24, 2.45) is 11.8 Å². The van der Waals surface area contributed by atoms with Gasteiger partial charge in [-0.2, -0.15) is 0 Å². The Labute approximate surface area is 112 Å². The zero-order valence-electron chi connectivity index (χ0n) is 12.5. The van der Waals surface area contributed by atoms with Gasteiger partial charge in [0.15, 0.2) is 0 Å². The quantitative estimate of drug-likeness (QED) is 0.790. The van der Waals surface area contributed by atoms with E-state index in [2.05, 4.69) is 26.1 Å². The summed E-state index contributed by atoms with van der Waals surface area (Å²) in [7, 11) is 0. The molecule has 18 heavy (non-hydrogen) atoms. The van der Waals surface area contributed by atoms with Crippen LogP contribution in [0.15, 0.2) is 0 Å². The van der Waals surface area contributed by atoms with Crippen LogP contribution in [-0.2, 0) is 4.79 Å². The van der Waals surface area contributed by atoms with E-state index >= 15 is 0 Å². The van der Waals surface area contributed by atoms with Crippen LogP contribution >= 0.6 is 0 Å². The van der Waals surface area contributed by atoms with Crippen molar-refractivity contribution in [1.82, 2.24) is 10.2 Å². The van der Waals surface area contributed by atoms with Crippen molar-refractivity contribution in [3.8, 4) is 0 Å². The highest BCUT2D eigenvalue weighted by Gasteiger charge is 2.20. The first-order chi connectivity index (χ1) is 8.54. The summed E-state index contributed by atoms with van der Waals surface area (Å²) in [5, 5.41) is 3.63. The third-order valence-electron chi connectivity index (χ3n) is 4.58. The van der Waals surface area contributed by atoms with Gasteiger partial charge in [0.2, 0.25) is 5.91 Å². The standard InChI is InChI=1S/C15H30N2O/c1-5-12(2)13(3)16-9-6-15-7-10-17(11-8-15)14(4)18/h12-13,15-16H,5-11H2,1-4H3/t12-,13-/m1/s1. The van der Waals surface area contributed by atoms with Crippen LogP contribution < -0.4 is 5.32 Å². The highest BCUT2D eigenvalue weighted by molar-refractivity contribution is 5.73. The summed E-state index contributed by atoms with van der Waals surface area (Å²) in [4.78, 5) is 13.2. The minimum Gasteiger partial charge on any atom is -0.343 e. The molecule has 0 aliphatic carbocycles. The molecule has 106 valence electrons. The van der Waals surface area contributed by atoms with Crippen molar-refractivity contribution in [2.75, 3.05) is 19.6 Å². The van der Waals surface area contributed by atoms with Crippen molar-refractivity contribution in [2.45, 2.75) is 59.4 Å². The Morgan fingerprint density at radius 1 is 1.33 bits per heavy atom. The average molecular weight is 254 g/mol. The predicted molar refractivity (Wildman–Crippen MR) is 76.5 cm³/mol. The Hall–Kier alpha value is -0.570. The highest BCUT2D eigenvalue weighted by Crippen LogP contribution is 2.20. The molecule has 0 saturated carbocycles. The van der Waals surface area contributed by atoms with E-state index in [0.29, 0.717) is 6.04 Å². The molecule has 1 amide bonds. The van der Waals surface area contributed by atoms with Gasteiger partial charge < -0.3 is 10.2 Å². The molecule has 0 aromatic carbocycles. The van der Waals surface area contributed by atoms with Gasteiger partial charge >= 0.3 is 0 Å². The van der Waals surface area contributed by atoms with Gasteiger partial charge in [0.05, 0.1) is 0 Å². The van der Waals surface area contributed by atoms with E-state index in [0.717, 1.165) is 31.5 Å². The Balaban J connectivity index is 2.13. The summed E-state index contributed by atoms with van der Waals surface area (Å²) in [6.45, 7) is 11.6. The molecule has 0 aromatic rings. The van der Waals surface area contributed by atoms with Crippen molar-refractivity contribution < 1.29 is 4.79 Å². The summed E-state index contributed by atoms with van der Waals surface area (Å²) >= 11 is 0. The smallest absolute Gasteiger partial charge is 0.219 e. The normalized spacial score (nSPS) is 20.8. The maximum absolute atomic E-state index is 11.2. The minimum atomic E-state index is 0.233. The van der Waals surface area contributed by atoms with Gasteiger partial charge in [0.1, 0.15) is 0 Å². The number of rotatable bonds is 6. The molecular formula is C15H30N2O. The van der Waals surface area contributed by atoms with Crippen LogP contribution in [0.25, 0.3) is 0 Å². The lowest BCUT2D eigenvalue weighted by molar-refractivity contribution is -0.130. The molecule has 1 fully saturated rings. The van der Waals surface area contributed by atoms with Gasteiger partial charge in [0.25, 0.3) is 0 Å². The monoisotopic (exact) mass is 254 g/mol. The Kier molecular flexibility index (Phi) is 6.69. The number of amides is 1. The van der Waals surface area contributed by atoms with Crippen LogP contribution in [0.3, 0.4) is 0 Å². The van der Waals surface area contributed by atoms with E-state index < -0.39 is 0 Å². The molecule has 0 bridgehead atoms. The summed E-state index contributed by atoms with van der Waals surface area (Å²) in [6.07, 6.45) is 4.86. The molecule has 0 radical (unpaired) electrons. The van der Waals surface area contributed by atoms with E-state index in [9.17, 15) is 4.79 Å². The molecule has 1 aliphatic heterocycles. The van der Waals surface area contributed by atoms with Gasteiger partial charge in [-0.3, -0.25) is 4.79 Å². The lowest BCUT2D eigenvalue weighted by atomic mass is 9.93. The zero-order valence-corrected chi connectivity index (χ0v) is 12.5. The van der Waals surface area contributed by atoms with Crippen molar-refractivity contribution >= 4 is 5.91 Å². The van der Waals surface area contributed by atoms with E-state index in [1.165, 1.54) is 25.7 Å². The van der Waals surface area contributed by atoms with Crippen LogP contribution in [0.4, 0.5) is 0 Å². The predicted octanol–water partition coefficient (Wildman–Crippen LogP) is 2.66. The Bertz CT molecular complexity index is 247. The molecule has 3 heteroatoms. The zero-order chi connectivity index (χ0) is 13.5. The number of likely N-dealkylation sites (tertiary alicyclic amines) is 1. The van der Waals surface area contributed by atoms with Gasteiger partial charge in [-0.15, -0.1) is 0 Å². The molecule has 1 rings (SSSR count). The molecular weight excluding hydrogens is 224 g/mol. The van der Waals surface area contributed by atoms with E-state index in [-0.39, 0.29) is 5.91 Å². The first-order valence-corrected chi connectivity index (χ1v) is 7.53. The topological polar surface area (TPSA) is 32.3 Å². The molecule has 2 atom stereocenters. The Morgan fingerprint density at radius 2 is 1.94 bits per heavy atom. The number of hydrogen-bond donors (Lipinski definition) is 1. The molecule has 1 aliphatic rings. The first-order valence-electron chi connectivity index (χ1n) is 7.53. The molecule has 3 nitrogen and oxygen atoms in total. The third-order valence-corrected chi connectivity index (χ3v) is 4.58. The van der Waals surface area contributed by atoms with Gasteiger partial charge in [-0.1, -0.05) is 20.3 Å². The molecule has 1 heterocycles. The van der Waals surface area contributed by atoms with Crippen molar-refractivity contribution in [3.63, 3.8) is 0 Å². The number of carbonyl (C=O) groups is 1. The second kappa shape index (κ2) is 7.78. The summed E-state index contributed by atoms with van der Waals surface area (Å²) < 4.78 is 0. The maximum atomic E-state index is 11.2. The van der Waals surface area contributed by atoms with Crippen molar-refractivity contribution in [3.05, 3.63) is 0 Å². The van der Waals surface area contributed by atoms with Crippen LogP contribution in [-0.4, -0.2) is 36.5 Å². The minimum absolute atomic E-state index is 0.233. The van der Waals surface area contributed by atoms with Gasteiger partial charge in [0, 0.05) is 26.1 Å². The number of hydrogen-bond acceptors (Lipinski definition) is 2. The van der Waals surface area contributed by atoms with Crippen LogP contribution in [0.5, 0.6) is 0 Å². The molecule has 0 unspecified atom stereocenters. The molecule has 0 aromatic heterocycles. The molecule has 1 saturated heterocycles. The Morgan fingerprint density at radius 3 is 2.44 bits per heavy atom. The maximum Gasteiger partial charge on any atom is 0.219 e. The molecule has 0 spiro atoms. The molecule has 1 N–H and O–H groups in total. The summed E-state index contributed by atoms with van der Waals surface area (Å²) in [6, 6.07) is 0.618. The largest absolute Gasteiger partial charge is 0.343 e. The fourth-order valence-corrected chi connectivity index (χ4v) is 2.61. The number of nitrogens with one attached hydrogen (secondary N) is 1. The van der Waals surface area contributed by atoms with E-state index in [1.807, 2.05) is 4.90 Å². The van der Waals surface area contributed by atoms with Crippen LogP contribution in [0.2, 0.25) is 0 Å². The van der Waals surface area contributed by atoms with Crippen LogP contribution in [0, 0.1) is 11.8 Å². The van der Waals surface area contributed by atoms with Crippen LogP contribution in [0.1, 0.15) is 53.4 Å².